The Morgan fingerprint density at radius 1 is 0.667 bits per heavy atom. The van der Waals surface area contributed by atoms with E-state index in [4.69, 9.17) is 32.1 Å². The van der Waals surface area contributed by atoms with Crippen molar-refractivity contribution >= 4 is 83.0 Å². The Hall–Kier alpha value is -9.58. The van der Waals surface area contributed by atoms with Crippen molar-refractivity contribution in [3.63, 3.8) is 0 Å². The first kappa shape index (κ1) is 86.6. The molecule has 1 heterocycles. The van der Waals surface area contributed by atoms with Gasteiger partial charge >= 0.3 is 12.1 Å². The molecule has 568 valence electrons. The summed E-state index contributed by atoms with van der Waals surface area (Å²) in [5, 5.41) is 81.3. The minimum absolute atomic E-state index is 0.00431. The van der Waals surface area contributed by atoms with Gasteiger partial charge in [-0.1, -0.05) is 129 Å². The molecule has 23 N–H and O–H groups in total. The minimum atomic E-state index is -2.61. The van der Waals surface area contributed by atoms with Crippen LogP contribution in [0.2, 0.25) is 0 Å². The lowest BCUT2D eigenvalue weighted by atomic mass is 9.88. The number of nitrogens with one attached hydrogen (secondary N) is 13. The number of aliphatic hydroxyl groups is 4. The van der Waals surface area contributed by atoms with E-state index in [0.717, 1.165) is 12.5 Å². The maximum absolute atomic E-state index is 15.6. The monoisotopic (exact) mass is 1440 g/mol. The van der Waals surface area contributed by atoms with E-state index in [0.29, 0.717) is 0 Å². The van der Waals surface area contributed by atoms with Crippen molar-refractivity contribution in [1.82, 2.24) is 63.8 Å². The zero-order chi connectivity index (χ0) is 76.7. The number of carbonyl (C=O) groups excluding carboxylic acids is 13. The predicted octanol–water partition coefficient (Wildman–Crippen LogP) is -3.78. The number of benzene rings is 2. The summed E-state index contributed by atoms with van der Waals surface area (Å²) in [5.74, 6) is -17.5. The molecule has 0 aromatic heterocycles. The van der Waals surface area contributed by atoms with Crippen LogP contribution >= 0.6 is 0 Å². The molecule has 1 fully saturated rings. The summed E-state index contributed by atoms with van der Waals surface area (Å²) in [6.07, 6.45) is -9.07. The van der Waals surface area contributed by atoms with Crippen LogP contribution in [0.25, 0.3) is 0 Å². The van der Waals surface area contributed by atoms with E-state index in [1.807, 2.05) is 31.4 Å². The van der Waals surface area contributed by atoms with Crippen LogP contribution < -0.4 is 81.0 Å². The summed E-state index contributed by atoms with van der Waals surface area (Å²) in [5.41, 5.74) is 17.4. The van der Waals surface area contributed by atoms with Gasteiger partial charge in [0.15, 0.2) is 24.2 Å². The van der Waals surface area contributed by atoms with E-state index in [2.05, 4.69) is 53.2 Å². The van der Waals surface area contributed by atoms with E-state index < -0.39 is 204 Å². The topological polar surface area (TPSA) is 568 Å². The molecule has 0 bridgehead atoms. The van der Waals surface area contributed by atoms with E-state index in [1.54, 1.807) is 58.0 Å². The fourth-order valence-electron chi connectivity index (χ4n) is 10.4. The smallest absolute Gasteiger partial charge is 0.407 e. The van der Waals surface area contributed by atoms with Crippen molar-refractivity contribution in [2.75, 3.05) is 26.2 Å². The summed E-state index contributed by atoms with van der Waals surface area (Å²) in [7, 11) is 0. The molecule has 2 aromatic carbocycles. The first-order chi connectivity index (χ1) is 47.9. The Bertz CT molecular complexity index is 3160. The van der Waals surface area contributed by atoms with Crippen LogP contribution in [-0.2, 0) is 73.6 Å². The number of amides is 12. The third-order valence-corrected chi connectivity index (χ3v) is 16.3. The first-order valence-electron chi connectivity index (χ1n) is 33.9. The van der Waals surface area contributed by atoms with Crippen LogP contribution in [0.1, 0.15) is 138 Å². The van der Waals surface area contributed by atoms with Crippen LogP contribution in [0.3, 0.4) is 0 Å². The quantitative estimate of drug-likeness (QED) is 0.0177. The van der Waals surface area contributed by atoms with Gasteiger partial charge in [-0.2, -0.15) is 0 Å². The summed E-state index contributed by atoms with van der Waals surface area (Å²) in [6, 6.07) is -2.63. The third-order valence-electron chi connectivity index (χ3n) is 16.3. The molecule has 1 aliphatic heterocycles. The fraction of sp³-hybridized carbons (Fsp3) is 0.612. The van der Waals surface area contributed by atoms with Crippen LogP contribution in [0, 0.1) is 28.6 Å². The van der Waals surface area contributed by atoms with Crippen molar-refractivity contribution in [2.45, 2.75) is 212 Å². The molecule has 0 aliphatic carbocycles. The predicted molar refractivity (Wildman–Crippen MR) is 369 cm³/mol. The number of esters is 1. The van der Waals surface area contributed by atoms with Gasteiger partial charge in [0.25, 0.3) is 0 Å². The first-order valence-corrected chi connectivity index (χ1v) is 33.9. The van der Waals surface area contributed by atoms with E-state index >= 15 is 14.4 Å². The van der Waals surface area contributed by atoms with Crippen molar-refractivity contribution in [2.24, 2.45) is 40.4 Å². The molecule has 0 saturated carbocycles. The Morgan fingerprint density at radius 2 is 1.23 bits per heavy atom. The summed E-state index contributed by atoms with van der Waals surface area (Å²) < 4.78 is 11.3. The van der Waals surface area contributed by atoms with Crippen LogP contribution in [0.4, 0.5) is 4.79 Å². The molecular formula is C67H106N16O19. The normalized spacial score (nSPS) is 23.1. The number of rotatable bonds is 27. The highest BCUT2D eigenvalue weighted by Crippen LogP contribution is 2.25. The van der Waals surface area contributed by atoms with E-state index in [1.165, 1.54) is 44.2 Å². The van der Waals surface area contributed by atoms with E-state index in [-0.39, 0.29) is 76.6 Å². The molecule has 3 rings (SSSR count). The fourth-order valence-corrected chi connectivity index (χ4v) is 10.4. The molecule has 1 aliphatic rings. The number of ether oxygens (including phenoxy) is 2. The number of unbranched alkanes of at least 4 members (excludes halogenated alkanes) is 1. The molecule has 15 atom stereocenters. The maximum Gasteiger partial charge on any atom is 0.407 e. The van der Waals surface area contributed by atoms with Crippen LogP contribution in [0.5, 0.6) is 0 Å². The number of guanidine groups is 1. The minimum Gasteiger partial charge on any atom is -0.453 e. The highest BCUT2D eigenvalue weighted by atomic mass is 16.6. The number of alkyl carbamates (subject to hydrolysis) is 1. The van der Waals surface area contributed by atoms with Gasteiger partial charge in [-0.3, -0.25) is 58.1 Å². The van der Waals surface area contributed by atoms with Crippen LogP contribution in [-0.4, -0.2) is 208 Å². The Kier molecular flexibility index (Phi) is 36.2. The molecule has 2 aromatic rings. The van der Waals surface area contributed by atoms with Crippen molar-refractivity contribution in [1.29, 1.82) is 5.41 Å². The number of carbonyl (C=O) groups is 13. The molecule has 0 radical (unpaired) electrons. The van der Waals surface area contributed by atoms with Crippen molar-refractivity contribution in [3.05, 3.63) is 71.8 Å². The summed E-state index contributed by atoms with van der Waals surface area (Å²) in [4.78, 5) is 185. The average molecular weight is 1440 g/mol. The second-order valence-electron chi connectivity index (χ2n) is 27.1. The van der Waals surface area contributed by atoms with Gasteiger partial charge in [-0.25, -0.2) is 9.59 Å². The standard InChI is InChI=1S/C67H106N16O19/c1-11-36(6)46-60(95)81-47(37(7)85)59(94)74-31-45(86)79-49(52(88)54(69)89)62(97)78-44(32-84)64(99)102-53(39-23-16-13-17-24-39)50(83-57(92)41(75-55(90)40(68)30-67(8,9)10)25-18-19-27-73-66(100)101-33-38-21-14-12-15-22-38)63(98)82-48(51(87)35(4)5)61(96)77-43(29-34(2)3)58(93)76-42(56(91)80-46)26-20-28-72-65(70)71/h12-17,21-24,34-37,40-44,46-53,84-85,87-88H,11,18-20,25-33,68H2,1-10H3,(H2,69,89)(H,73,100)(H,74,94)(H,75,90)(H,76,93)(H,77,96)(H,78,97)(H,79,86)(H,80,91)(H,81,95)(H,82,98)(H,83,92)(H4,70,71,72)/t36-,37-,40+,41-,42+,43-,44-,46?,47-,48-,49-,50-,51+,52-,53+/m0/s1. The van der Waals surface area contributed by atoms with Gasteiger partial charge in [0.2, 0.25) is 65.0 Å². The van der Waals surface area contributed by atoms with E-state index in [9.17, 15) is 68.4 Å². The van der Waals surface area contributed by atoms with Gasteiger partial charge < -0.3 is 111 Å². The highest BCUT2D eigenvalue weighted by Gasteiger charge is 2.44. The molecule has 1 unspecified atom stereocenters. The van der Waals surface area contributed by atoms with Gasteiger partial charge in [0, 0.05) is 13.1 Å². The lowest BCUT2D eigenvalue weighted by Crippen LogP contribution is -2.64. The number of aliphatic hydroxyl groups excluding tert-OH is 4. The summed E-state index contributed by atoms with van der Waals surface area (Å²) in [6.45, 7) is 13.6. The van der Waals surface area contributed by atoms with Crippen LogP contribution in [0.15, 0.2) is 60.7 Å². The second-order valence-corrected chi connectivity index (χ2v) is 27.1. The highest BCUT2D eigenvalue weighted by molar-refractivity contribution is 6.00. The molecule has 35 heteroatoms. The van der Waals surface area contributed by atoms with Gasteiger partial charge in [-0.15, -0.1) is 0 Å². The Labute approximate surface area is 592 Å². The molecule has 12 amide bonds. The van der Waals surface area contributed by atoms with Gasteiger partial charge in [0.1, 0.15) is 54.9 Å². The largest absolute Gasteiger partial charge is 0.453 e. The number of cyclic esters (lactones) is 1. The molecule has 0 spiro atoms. The molecular weight excluding hydrogens is 1330 g/mol. The Balaban J connectivity index is 2.39. The summed E-state index contributed by atoms with van der Waals surface area (Å²) >= 11 is 0. The molecule has 1 saturated heterocycles. The maximum atomic E-state index is 15.6. The van der Waals surface area contributed by atoms with Crippen molar-refractivity contribution in [3.8, 4) is 0 Å². The van der Waals surface area contributed by atoms with Gasteiger partial charge in [0.05, 0.1) is 31.4 Å². The zero-order valence-electron chi connectivity index (χ0n) is 59.4. The third kappa shape index (κ3) is 29.5. The number of hydrogen-bond donors (Lipinski definition) is 20. The van der Waals surface area contributed by atoms with Crippen molar-refractivity contribution < 1.29 is 92.2 Å². The Morgan fingerprint density at radius 3 is 1.79 bits per heavy atom. The number of nitrogens with two attached hydrogens (primary N) is 3. The lowest BCUT2D eigenvalue weighted by Gasteiger charge is -2.33. The second kappa shape index (κ2) is 42.6. The number of primary amides is 1. The number of hydrogen-bond acceptors (Lipinski definition) is 21. The SMILES string of the molecule is CC[C@H](C)C1NC(=O)[C@@H](CCCNC(=N)N)NC(=O)[C@H](CC(C)C)NC(=O)[C@H]([C@H](O)C(C)C)NC(=O)[C@@H](NC(=O)[C@H](CCCCNC(=O)OCc2ccccc2)NC(=O)[C@H](N)CC(C)(C)C)[C@@H](c2ccccc2)OC(=O)[C@H](CO)NC(=O)[C@H]([C@H](O)C(N)=O)NC(=O)CNC(=O)[C@H]([C@H](C)O)NC1=O. The molecule has 102 heavy (non-hydrogen) atoms. The zero-order valence-corrected chi connectivity index (χ0v) is 59.4. The average Bonchev–Trinajstić information content (AvgIpc) is 0.814. The molecule has 35 nitrogen and oxygen atoms in total. The van der Waals surface area contributed by atoms with Gasteiger partial charge in [-0.05, 0) is 86.2 Å². The lowest BCUT2D eigenvalue weighted by molar-refractivity contribution is -0.159.